The first-order valence-corrected chi connectivity index (χ1v) is 20.1. The molecule has 5 rings (SSSR count). The second-order valence-electron chi connectivity index (χ2n) is 15.1. The molecule has 0 aliphatic carbocycles. The lowest BCUT2D eigenvalue weighted by molar-refractivity contribution is -0.128. The molecule has 3 aromatic rings. The molecule has 3 N–H and O–H groups in total. The second kappa shape index (κ2) is 18.0. The van der Waals surface area contributed by atoms with Crippen molar-refractivity contribution in [2.24, 2.45) is 17.1 Å². The normalized spacial score (nSPS) is 19.7. The molecule has 0 bridgehead atoms. The maximum Gasteiger partial charge on any atom is 0.243 e. The highest BCUT2D eigenvalue weighted by molar-refractivity contribution is 7.89. The van der Waals surface area contributed by atoms with Gasteiger partial charge in [-0.3, -0.25) is 9.59 Å². The monoisotopic (exact) mass is 764 g/mol. The van der Waals surface area contributed by atoms with E-state index in [0.717, 1.165) is 47.6 Å². The van der Waals surface area contributed by atoms with Gasteiger partial charge in [-0.25, -0.2) is 8.42 Å². The van der Waals surface area contributed by atoms with Crippen molar-refractivity contribution in [1.29, 1.82) is 0 Å². The Bertz CT molecular complexity index is 1830. The Balaban J connectivity index is 1.45. The molecule has 1 fully saturated rings. The van der Waals surface area contributed by atoms with Crippen molar-refractivity contribution in [2.75, 3.05) is 58.5 Å². The van der Waals surface area contributed by atoms with E-state index in [1.165, 1.54) is 4.31 Å². The van der Waals surface area contributed by atoms with Crippen molar-refractivity contribution in [3.05, 3.63) is 83.4 Å². The van der Waals surface area contributed by atoms with Crippen LogP contribution in [0.5, 0.6) is 11.5 Å². The summed E-state index contributed by atoms with van der Waals surface area (Å²) in [5, 5.41) is 2.86. The van der Waals surface area contributed by atoms with Gasteiger partial charge in [-0.2, -0.15) is 4.31 Å². The maximum atomic E-state index is 14.5. The van der Waals surface area contributed by atoms with Crippen LogP contribution >= 0.6 is 0 Å². The van der Waals surface area contributed by atoms with Crippen molar-refractivity contribution in [3.8, 4) is 11.5 Å². The van der Waals surface area contributed by atoms with E-state index < -0.39 is 39.4 Å². The quantitative estimate of drug-likeness (QED) is 0.181. The molecule has 2 aliphatic rings. The zero-order chi connectivity index (χ0) is 39.0. The summed E-state index contributed by atoms with van der Waals surface area (Å²) in [6.45, 7) is 10.4. The third-order valence-electron chi connectivity index (χ3n) is 10.6. The Morgan fingerprint density at radius 3 is 2.44 bits per heavy atom. The van der Waals surface area contributed by atoms with Crippen molar-refractivity contribution in [3.63, 3.8) is 0 Å². The van der Waals surface area contributed by atoms with E-state index >= 15 is 0 Å². The second-order valence-corrected chi connectivity index (χ2v) is 17.0. The summed E-state index contributed by atoms with van der Waals surface area (Å²) in [5.74, 6) is -0.0131. The Morgan fingerprint density at radius 2 is 1.78 bits per heavy atom. The first-order chi connectivity index (χ1) is 25.7. The first-order valence-electron chi connectivity index (χ1n) is 18.6. The third kappa shape index (κ3) is 9.92. The molecule has 0 aromatic heterocycles. The van der Waals surface area contributed by atoms with Crippen molar-refractivity contribution in [2.45, 2.75) is 76.5 Å². The number of primary amides is 1. The number of piperidine rings is 1. The molecule has 13 heteroatoms. The SMILES string of the molecule is COCCCN1CCOc2ccc(CO[C@H]3CN(S(=O)(=O)c4ccc(C)cc4)[C@@H](C[C@@H](C)C(=O)NCC(C)(C)C(N)=O)C[C@@H]3c3ccc(OC)cc3)cc21. The highest BCUT2D eigenvalue weighted by Gasteiger charge is 2.44. The summed E-state index contributed by atoms with van der Waals surface area (Å²) in [6.07, 6.45) is 1.05. The number of hydrogen-bond acceptors (Lipinski definition) is 9. The fraction of sp³-hybridized carbons (Fsp3) is 0.512. The predicted octanol–water partition coefficient (Wildman–Crippen LogP) is 5.03. The number of nitrogens with one attached hydrogen (secondary N) is 1. The summed E-state index contributed by atoms with van der Waals surface area (Å²) in [5.41, 5.74) is 8.49. The van der Waals surface area contributed by atoms with Crippen LogP contribution in [0.3, 0.4) is 0 Å². The highest BCUT2D eigenvalue weighted by atomic mass is 32.2. The third-order valence-corrected chi connectivity index (χ3v) is 12.5. The smallest absolute Gasteiger partial charge is 0.243 e. The molecule has 12 nitrogen and oxygen atoms in total. The molecule has 4 atom stereocenters. The van der Waals surface area contributed by atoms with Crippen molar-refractivity contribution >= 4 is 27.5 Å². The van der Waals surface area contributed by atoms with Gasteiger partial charge in [0.1, 0.15) is 18.1 Å². The minimum absolute atomic E-state index is 0.0751. The van der Waals surface area contributed by atoms with Crippen LogP contribution in [0.1, 0.15) is 62.6 Å². The van der Waals surface area contributed by atoms with Crippen LogP contribution in [0.25, 0.3) is 0 Å². The standard InChI is InChI=1S/C41H56N4O8S/c1-28-8-15-34(16-9-28)54(48,49)45-25-38(53-26-30-10-17-37-36(23-30)44(19-21-52-37)18-7-20-50-5)35(31-11-13-33(51-6)14-12-31)24-32(45)22-29(2)39(46)43-27-41(3,4)40(42)47/h8-17,23,29,32,35,38H,7,18-22,24-27H2,1-6H3,(H2,42,47)(H,43,46)/t29-,32+,35-,38+/m1/s1. The lowest BCUT2D eigenvalue weighted by atomic mass is 9.81. The van der Waals surface area contributed by atoms with Gasteiger partial charge < -0.3 is 34.9 Å². The molecular formula is C41H56N4O8S. The van der Waals surface area contributed by atoms with E-state index in [0.29, 0.717) is 25.4 Å². The average molecular weight is 765 g/mol. The fourth-order valence-electron chi connectivity index (χ4n) is 7.07. The van der Waals surface area contributed by atoms with Gasteiger partial charge in [0.05, 0.1) is 42.4 Å². The number of sulfonamides is 1. The summed E-state index contributed by atoms with van der Waals surface area (Å²) < 4.78 is 54.0. The Morgan fingerprint density at radius 1 is 1.06 bits per heavy atom. The first kappa shape index (κ1) is 41.0. The number of methoxy groups -OCH3 is 2. The predicted molar refractivity (Wildman–Crippen MR) is 208 cm³/mol. The van der Waals surface area contributed by atoms with Crippen LogP contribution in [0.2, 0.25) is 0 Å². The van der Waals surface area contributed by atoms with Crippen molar-refractivity contribution in [1.82, 2.24) is 9.62 Å². The molecule has 3 aromatic carbocycles. The van der Waals surface area contributed by atoms with E-state index in [-0.39, 0.29) is 42.8 Å². The van der Waals surface area contributed by atoms with Gasteiger partial charge in [0.15, 0.2) is 0 Å². The molecule has 2 aliphatic heterocycles. The number of nitrogens with two attached hydrogens (primary N) is 1. The molecular weight excluding hydrogens is 709 g/mol. The zero-order valence-electron chi connectivity index (χ0n) is 32.4. The largest absolute Gasteiger partial charge is 0.497 e. The zero-order valence-corrected chi connectivity index (χ0v) is 33.2. The van der Waals surface area contributed by atoms with Gasteiger partial charge in [-0.05, 0) is 87.6 Å². The topological polar surface area (TPSA) is 150 Å². The van der Waals surface area contributed by atoms with Gasteiger partial charge in [0, 0.05) is 51.2 Å². The van der Waals surface area contributed by atoms with Crippen LogP contribution < -0.4 is 25.4 Å². The number of ether oxygens (including phenoxy) is 4. The number of hydrogen-bond donors (Lipinski definition) is 2. The molecule has 2 heterocycles. The van der Waals surface area contributed by atoms with E-state index in [1.54, 1.807) is 59.3 Å². The van der Waals surface area contributed by atoms with E-state index in [4.69, 9.17) is 24.7 Å². The number of carbonyl (C=O) groups is 2. The number of rotatable bonds is 17. The summed E-state index contributed by atoms with van der Waals surface area (Å²) >= 11 is 0. The minimum Gasteiger partial charge on any atom is -0.497 e. The average Bonchev–Trinajstić information content (AvgIpc) is 3.16. The number of anilines is 1. The number of benzene rings is 3. The lowest BCUT2D eigenvalue weighted by Crippen LogP contribution is -2.53. The van der Waals surface area contributed by atoms with Crippen LogP contribution in [-0.4, -0.2) is 90.3 Å². The van der Waals surface area contributed by atoms with E-state index in [9.17, 15) is 18.0 Å². The molecule has 1 saturated heterocycles. The molecule has 294 valence electrons. The number of fused-ring (bicyclic) bond motifs is 1. The Kier molecular flexibility index (Phi) is 13.6. The summed E-state index contributed by atoms with van der Waals surface area (Å²) in [7, 11) is -0.682. The van der Waals surface area contributed by atoms with Crippen LogP contribution in [-0.2, 0) is 35.7 Å². The summed E-state index contributed by atoms with van der Waals surface area (Å²) in [6, 6.07) is 20.1. The van der Waals surface area contributed by atoms with Gasteiger partial charge in [-0.1, -0.05) is 42.8 Å². The molecule has 54 heavy (non-hydrogen) atoms. The molecule has 0 radical (unpaired) electrons. The van der Waals surface area contributed by atoms with Gasteiger partial charge in [0.2, 0.25) is 21.8 Å². The van der Waals surface area contributed by atoms with Crippen LogP contribution in [0.15, 0.2) is 71.6 Å². The number of carbonyl (C=O) groups excluding carboxylic acids is 2. The van der Waals surface area contributed by atoms with Crippen molar-refractivity contribution < 1.29 is 37.0 Å². The number of nitrogens with zero attached hydrogens (tertiary/aromatic N) is 2. The molecule has 0 saturated carbocycles. The van der Waals surface area contributed by atoms with Gasteiger partial charge >= 0.3 is 0 Å². The van der Waals surface area contributed by atoms with Crippen LogP contribution in [0.4, 0.5) is 5.69 Å². The van der Waals surface area contributed by atoms with Gasteiger partial charge in [-0.15, -0.1) is 0 Å². The van der Waals surface area contributed by atoms with E-state index in [1.807, 2.05) is 43.3 Å². The lowest BCUT2D eigenvalue weighted by Gasteiger charge is -2.44. The minimum atomic E-state index is -4.00. The molecule has 2 amide bonds. The van der Waals surface area contributed by atoms with Crippen LogP contribution in [0, 0.1) is 18.3 Å². The highest BCUT2D eigenvalue weighted by Crippen LogP contribution is 2.40. The Labute approximate surface area is 320 Å². The fourth-order valence-corrected chi connectivity index (χ4v) is 8.73. The van der Waals surface area contributed by atoms with E-state index in [2.05, 4.69) is 16.3 Å². The molecule has 0 unspecified atom stereocenters. The number of amides is 2. The maximum absolute atomic E-state index is 14.5. The Hall–Kier alpha value is -4.17. The summed E-state index contributed by atoms with van der Waals surface area (Å²) in [4.78, 5) is 27.8. The van der Waals surface area contributed by atoms with Gasteiger partial charge in [0.25, 0.3) is 0 Å². The number of aryl methyl sites for hydroxylation is 1. The molecule has 0 spiro atoms.